The van der Waals surface area contributed by atoms with E-state index in [1.807, 2.05) is 0 Å². The highest BCUT2D eigenvalue weighted by Gasteiger charge is 2.19. The molecule has 1 atom stereocenters. The van der Waals surface area contributed by atoms with Crippen molar-refractivity contribution >= 4 is 21.6 Å². The van der Waals surface area contributed by atoms with Gasteiger partial charge in [-0.05, 0) is 31.2 Å². The van der Waals surface area contributed by atoms with Crippen LogP contribution in [0.5, 0.6) is 5.75 Å². The molecule has 0 amide bonds. The lowest BCUT2D eigenvalue weighted by molar-refractivity contribution is 0.402. The van der Waals surface area contributed by atoms with Crippen LogP contribution in [0.2, 0.25) is 0 Å². The summed E-state index contributed by atoms with van der Waals surface area (Å²) in [6, 6.07) is 5.96. The normalized spacial score (nSPS) is 12.1. The maximum atomic E-state index is 13.9. The number of rotatable bonds is 4. The lowest BCUT2D eigenvalue weighted by Gasteiger charge is -2.20. The number of hydrogen-bond donors (Lipinski definition) is 1. The van der Waals surface area contributed by atoms with Gasteiger partial charge < -0.3 is 10.1 Å². The van der Waals surface area contributed by atoms with Gasteiger partial charge in [0.05, 0.1) is 18.7 Å². The molecule has 0 radical (unpaired) electrons. The highest BCUT2D eigenvalue weighted by Crippen LogP contribution is 2.32. The second kappa shape index (κ2) is 6.39. The molecule has 0 aliphatic rings. The molecule has 21 heavy (non-hydrogen) atoms. The van der Waals surface area contributed by atoms with Crippen LogP contribution in [0.3, 0.4) is 0 Å². The first-order chi connectivity index (χ1) is 9.93. The van der Waals surface area contributed by atoms with Crippen molar-refractivity contribution in [2.24, 2.45) is 0 Å². The topological polar surface area (TPSA) is 21.3 Å². The molecule has 0 aliphatic carbocycles. The van der Waals surface area contributed by atoms with Gasteiger partial charge in [0.2, 0.25) is 0 Å². The molecular weight excluding hydrogens is 347 g/mol. The van der Waals surface area contributed by atoms with E-state index in [2.05, 4.69) is 21.2 Å². The Morgan fingerprint density at radius 1 is 1.10 bits per heavy atom. The molecule has 0 fully saturated rings. The van der Waals surface area contributed by atoms with Gasteiger partial charge in [0.25, 0.3) is 0 Å². The molecule has 0 bridgehead atoms. The highest BCUT2D eigenvalue weighted by atomic mass is 79.9. The molecule has 0 saturated carbocycles. The summed E-state index contributed by atoms with van der Waals surface area (Å²) in [5.74, 6) is -1.71. The Balaban J connectivity index is 2.37. The molecular formula is C15H13BrF3NO. The number of benzene rings is 2. The van der Waals surface area contributed by atoms with Crippen LogP contribution in [-0.4, -0.2) is 7.11 Å². The van der Waals surface area contributed by atoms with Crippen LogP contribution in [0.1, 0.15) is 18.5 Å². The van der Waals surface area contributed by atoms with E-state index in [4.69, 9.17) is 4.74 Å². The summed E-state index contributed by atoms with van der Waals surface area (Å²) >= 11 is 3.00. The lowest BCUT2D eigenvalue weighted by Crippen LogP contribution is -2.12. The minimum absolute atomic E-state index is 0.210. The van der Waals surface area contributed by atoms with Gasteiger partial charge in [0.1, 0.15) is 28.9 Å². The van der Waals surface area contributed by atoms with E-state index in [9.17, 15) is 13.2 Å². The third-order valence-electron chi connectivity index (χ3n) is 3.03. The van der Waals surface area contributed by atoms with Crippen molar-refractivity contribution in [1.29, 1.82) is 0 Å². The Bertz CT molecular complexity index is 640. The zero-order valence-corrected chi connectivity index (χ0v) is 13.0. The van der Waals surface area contributed by atoms with Crippen molar-refractivity contribution in [3.63, 3.8) is 0 Å². The number of hydrogen-bond acceptors (Lipinski definition) is 2. The van der Waals surface area contributed by atoms with Gasteiger partial charge in [-0.2, -0.15) is 0 Å². The molecule has 0 saturated heterocycles. The van der Waals surface area contributed by atoms with Crippen LogP contribution < -0.4 is 10.1 Å². The molecule has 6 heteroatoms. The third-order valence-corrected chi connectivity index (χ3v) is 3.49. The molecule has 0 aromatic heterocycles. The van der Waals surface area contributed by atoms with Crippen molar-refractivity contribution in [2.75, 3.05) is 12.4 Å². The molecule has 0 aliphatic heterocycles. The van der Waals surface area contributed by atoms with E-state index in [0.29, 0.717) is 10.2 Å². The number of methoxy groups -OCH3 is 1. The number of anilines is 1. The summed E-state index contributed by atoms with van der Waals surface area (Å²) < 4.78 is 46.9. The molecule has 112 valence electrons. The SMILES string of the molecule is COc1cccc(F)c1C(C)Nc1c(F)cc(Br)cc1F. The summed E-state index contributed by atoms with van der Waals surface area (Å²) in [4.78, 5) is 0. The van der Waals surface area contributed by atoms with Crippen LogP contribution in [0.25, 0.3) is 0 Å². The van der Waals surface area contributed by atoms with Crippen molar-refractivity contribution in [3.05, 3.63) is 57.8 Å². The second-order valence-electron chi connectivity index (χ2n) is 4.47. The predicted molar refractivity (Wildman–Crippen MR) is 79.0 cm³/mol. The van der Waals surface area contributed by atoms with E-state index in [0.717, 1.165) is 12.1 Å². The van der Waals surface area contributed by atoms with Crippen LogP contribution in [0.4, 0.5) is 18.9 Å². The predicted octanol–water partition coefficient (Wildman–Crippen LogP) is 5.05. The van der Waals surface area contributed by atoms with Gasteiger partial charge in [-0.25, -0.2) is 13.2 Å². The number of nitrogens with one attached hydrogen (secondary N) is 1. The summed E-state index contributed by atoms with van der Waals surface area (Å²) in [6.07, 6.45) is 0. The third kappa shape index (κ3) is 3.32. The largest absolute Gasteiger partial charge is 0.496 e. The number of halogens is 4. The van der Waals surface area contributed by atoms with E-state index < -0.39 is 23.5 Å². The van der Waals surface area contributed by atoms with Gasteiger partial charge in [0.15, 0.2) is 0 Å². The molecule has 1 unspecified atom stereocenters. The molecule has 2 rings (SSSR count). The zero-order valence-electron chi connectivity index (χ0n) is 11.4. The summed E-state index contributed by atoms with van der Waals surface area (Å²) in [5.41, 5.74) is -0.0993. The fourth-order valence-electron chi connectivity index (χ4n) is 2.08. The first-order valence-electron chi connectivity index (χ1n) is 6.17. The first-order valence-corrected chi connectivity index (χ1v) is 6.96. The van der Waals surface area contributed by atoms with Gasteiger partial charge in [0, 0.05) is 4.47 Å². The first kappa shape index (κ1) is 15.7. The highest BCUT2D eigenvalue weighted by molar-refractivity contribution is 9.10. The second-order valence-corrected chi connectivity index (χ2v) is 5.38. The van der Waals surface area contributed by atoms with Gasteiger partial charge in [-0.15, -0.1) is 0 Å². The van der Waals surface area contributed by atoms with E-state index in [1.54, 1.807) is 13.0 Å². The standard InChI is InChI=1S/C15H13BrF3NO/c1-8(14-10(17)4-3-5-13(14)21-2)20-15-11(18)6-9(16)7-12(15)19/h3-8,20H,1-2H3. The fourth-order valence-corrected chi connectivity index (χ4v) is 2.49. The van der Waals surface area contributed by atoms with E-state index in [-0.39, 0.29) is 11.3 Å². The fraction of sp³-hybridized carbons (Fsp3) is 0.200. The molecule has 0 heterocycles. The average Bonchev–Trinajstić information content (AvgIpc) is 2.42. The van der Waals surface area contributed by atoms with Crippen LogP contribution in [0.15, 0.2) is 34.8 Å². The lowest BCUT2D eigenvalue weighted by atomic mass is 10.1. The molecule has 2 nitrogen and oxygen atoms in total. The molecule has 0 spiro atoms. The zero-order chi connectivity index (χ0) is 15.6. The average molecular weight is 360 g/mol. The Kier molecular flexibility index (Phi) is 4.77. The Morgan fingerprint density at radius 3 is 2.29 bits per heavy atom. The Labute approximate surface area is 129 Å². The van der Waals surface area contributed by atoms with Crippen LogP contribution >= 0.6 is 15.9 Å². The minimum Gasteiger partial charge on any atom is -0.496 e. The molecule has 1 N–H and O–H groups in total. The summed E-state index contributed by atoms with van der Waals surface area (Å²) in [5, 5.41) is 2.65. The minimum atomic E-state index is -0.760. The van der Waals surface area contributed by atoms with Crippen molar-refractivity contribution in [2.45, 2.75) is 13.0 Å². The van der Waals surface area contributed by atoms with Crippen molar-refractivity contribution < 1.29 is 17.9 Å². The maximum absolute atomic E-state index is 13.9. The van der Waals surface area contributed by atoms with E-state index >= 15 is 0 Å². The van der Waals surface area contributed by atoms with E-state index in [1.165, 1.54) is 19.2 Å². The molecule has 2 aromatic carbocycles. The van der Waals surface area contributed by atoms with Gasteiger partial charge in [-0.1, -0.05) is 22.0 Å². The van der Waals surface area contributed by atoms with Crippen LogP contribution in [-0.2, 0) is 0 Å². The monoisotopic (exact) mass is 359 g/mol. The Morgan fingerprint density at radius 2 is 1.71 bits per heavy atom. The van der Waals surface area contributed by atoms with Gasteiger partial charge in [-0.3, -0.25) is 0 Å². The summed E-state index contributed by atoms with van der Waals surface area (Å²) in [6.45, 7) is 1.60. The van der Waals surface area contributed by atoms with Crippen LogP contribution in [0, 0.1) is 17.5 Å². The van der Waals surface area contributed by atoms with Crippen molar-refractivity contribution in [3.8, 4) is 5.75 Å². The van der Waals surface area contributed by atoms with Crippen molar-refractivity contribution in [1.82, 2.24) is 0 Å². The van der Waals surface area contributed by atoms with Gasteiger partial charge >= 0.3 is 0 Å². The quantitative estimate of drug-likeness (QED) is 0.824. The smallest absolute Gasteiger partial charge is 0.150 e. The maximum Gasteiger partial charge on any atom is 0.150 e. The summed E-state index contributed by atoms with van der Waals surface area (Å²) in [7, 11) is 1.41. The Hall–Kier alpha value is -1.69. The molecule has 2 aromatic rings. The number of ether oxygens (including phenoxy) is 1.